The number of hydrogen-bond donors (Lipinski definition) is 2. The molecule has 2 N–H and O–H groups in total. The fourth-order valence-corrected chi connectivity index (χ4v) is 3.08. The number of benzene rings is 1. The van der Waals surface area contributed by atoms with E-state index in [1.54, 1.807) is 0 Å². The predicted molar refractivity (Wildman–Crippen MR) is 105 cm³/mol. The van der Waals surface area contributed by atoms with Gasteiger partial charge in [-0.3, -0.25) is 9.79 Å². The van der Waals surface area contributed by atoms with E-state index in [1.807, 2.05) is 39.1 Å². The number of rotatable bonds is 5. The molecule has 1 aromatic rings. The number of carbonyl (C=O) groups excluding carboxylic acids is 1. The standard InChI is InChI=1S/C20H32N4O/c1-15(2)12-19(25)23-18-7-5-6-17(13-18)14-22-20(21-4)24-10-8-16(3)9-11-24/h5-7,13,15-16H,8-12,14H2,1-4H3,(H,21,22)(H,23,25). The average Bonchev–Trinajstić information content (AvgIpc) is 2.56. The Labute approximate surface area is 151 Å². The predicted octanol–water partition coefficient (Wildman–Crippen LogP) is 3.48. The maximum Gasteiger partial charge on any atom is 0.224 e. The molecule has 0 saturated carbocycles. The molecule has 1 amide bonds. The first-order valence-corrected chi connectivity index (χ1v) is 9.32. The molecule has 1 saturated heterocycles. The summed E-state index contributed by atoms with van der Waals surface area (Å²) in [5, 5.41) is 6.42. The zero-order valence-corrected chi connectivity index (χ0v) is 16.0. The van der Waals surface area contributed by atoms with Crippen LogP contribution in [0.4, 0.5) is 5.69 Å². The third-order valence-electron chi connectivity index (χ3n) is 4.55. The normalized spacial score (nSPS) is 16.2. The number of nitrogens with zero attached hydrogens (tertiary/aromatic N) is 2. The van der Waals surface area contributed by atoms with E-state index < -0.39 is 0 Å². The highest BCUT2D eigenvalue weighted by Gasteiger charge is 2.18. The van der Waals surface area contributed by atoms with Crippen molar-refractivity contribution in [3.63, 3.8) is 0 Å². The summed E-state index contributed by atoms with van der Waals surface area (Å²) in [7, 11) is 1.84. The Hall–Kier alpha value is -2.04. The average molecular weight is 345 g/mol. The number of piperidine rings is 1. The highest BCUT2D eigenvalue weighted by atomic mass is 16.1. The topological polar surface area (TPSA) is 56.7 Å². The van der Waals surface area contributed by atoms with Crippen LogP contribution in [0.15, 0.2) is 29.3 Å². The van der Waals surface area contributed by atoms with E-state index in [4.69, 9.17) is 0 Å². The van der Waals surface area contributed by atoms with Crippen LogP contribution < -0.4 is 10.6 Å². The lowest BCUT2D eigenvalue weighted by atomic mass is 9.99. The molecule has 1 aliphatic rings. The van der Waals surface area contributed by atoms with Gasteiger partial charge in [-0.15, -0.1) is 0 Å². The van der Waals surface area contributed by atoms with Crippen molar-refractivity contribution in [1.82, 2.24) is 10.2 Å². The van der Waals surface area contributed by atoms with Crippen molar-refractivity contribution < 1.29 is 4.79 Å². The molecular formula is C20H32N4O. The second-order valence-corrected chi connectivity index (χ2v) is 7.42. The zero-order valence-electron chi connectivity index (χ0n) is 16.0. The minimum absolute atomic E-state index is 0.0679. The summed E-state index contributed by atoms with van der Waals surface area (Å²) >= 11 is 0. The van der Waals surface area contributed by atoms with Crippen LogP contribution in [0, 0.1) is 11.8 Å². The van der Waals surface area contributed by atoms with Gasteiger partial charge in [0.15, 0.2) is 5.96 Å². The SMILES string of the molecule is CN=C(NCc1cccc(NC(=O)CC(C)C)c1)N1CCC(C)CC1. The number of hydrogen-bond acceptors (Lipinski definition) is 2. The Balaban J connectivity index is 1.89. The Morgan fingerprint density at radius 1 is 1.32 bits per heavy atom. The van der Waals surface area contributed by atoms with Crippen LogP contribution >= 0.6 is 0 Å². The van der Waals surface area contributed by atoms with Gasteiger partial charge in [0.25, 0.3) is 0 Å². The molecule has 1 aliphatic heterocycles. The molecule has 1 aromatic carbocycles. The highest BCUT2D eigenvalue weighted by Crippen LogP contribution is 2.16. The van der Waals surface area contributed by atoms with E-state index in [2.05, 4.69) is 33.5 Å². The number of anilines is 1. The van der Waals surface area contributed by atoms with Crippen molar-refractivity contribution in [1.29, 1.82) is 0 Å². The molecular weight excluding hydrogens is 312 g/mol. The summed E-state index contributed by atoms with van der Waals surface area (Å²) in [6.07, 6.45) is 2.98. The van der Waals surface area contributed by atoms with E-state index in [0.29, 0.717) is 18.9 Å². The van der Waals surface area contributed by atoms with Gasteiger partial charge in [-0.25, -0.2) is 0 Å². The monoisotopic (exact) mass is 344 g/mol. The maximum atomic E-state index is 11.9. The van der Waals surface area contributed by atoms with Crippen molar-refractivity contribution >= 4 is 17.6 Å². The molecule has 1 fully saturated rings. The van der Waals surface area contributed by atoms with E-state index in [9.17, 15) is 4.79 Å². The number of nitrogens with one attached hydrogen (secondary N) is 2. The van der Waals surface area contributed by atoms with E-state index >= 15 is 0 Å². The Bertz CT molecular complexity index is 589. The van der Waals surface area contributed by atoms with Crippen LogP contribution in [-0.4, -0.2) is 36.9 Å². The molecule has 0 bridgehead atoms. The Morgan fingerprint density at radius 3 is 2.68 bits per heavy atom. The number of likely N-dealkylation sites (tertiary alicyclic amines) is 1. The van der Waals surface area contributed by atoms with Gasteiger partial charge in [0.2, 0.25) is 5.91 Å². The van der Waals surface area contributed by atoms with Gasteiger partial charge in [-0.1, -0.05) is 32.9 Å². The second-order valence-electron chi connectivity index (χ2n) is 7.42. The highest BCUT2D eigenvalue weighted by molar-refractivity contribution is 5.90. The van der Waals surface area contributed by atoms with Gasteiger partial charge in [-0.2, -0.15) is 0 Å². The number of aliphatic imine (C=N–C) groups is 1. The third kappa shape index (κ3) is 6.40. The molecule has 5 heteroatoms. The molecule has 0 radical (unpaired) electrons. The Kier molecular flexibility index (Phi) is 7.29. The molecule has 138 valence electrons. The smallest absolute Gasteiger partial charge is 0.224 e. The lowest BCUT2D eigenvalue weighted by molar-refractivity contribution is -0.116. The minimum atomic E-state index is 0.0679. The van der Waals surface area contributed by atoms with Crippen molar-refractivity contribution in [3.8, 4) is 0 Å². The number of amides is 1. The van der Waals surface area contributed by atoms with Gasteiger partial charge in [0.05, 0.1) is 0 Å². The van der Waals surface area contributed by atoms with Gasteiger partial charge >= 0.3 is 0 Å². The van der Waals surface area contributed by atoms with Gasteiger partial charge in [-0.05, 0) is 42.4 Å². The first kappa shape index (κ1) is 19.3. The van der Waals surface area contributed by atoms with Gasteiger partial charge in [0.1, 0.15) is 0 Å². The summed E-state index contributed by atoms with van der Waals surface area (Å²) in [5.41, 5.74) is 1.99. The van der Waals surface area contributed by atoms with Crippen LogP contribution in [0.25, 0.3) is 0 Å². The zero-order chi connectivity index (χ0) is 18.2. The number of guanidine groups is 1. The van der Waals surface area contributed by atoms with Crippen LogP contribution in [-0.2, 0) is 11.3 Å². The quantitative estimate of drug-likeness (QED) is 0.635. The van der Waals surface area contributed by atoms with Crippen molar-refractivity contribution in [2.75, 3.05) is 25.5 Å². The van der Waals surface area contributed by atoms with Crippen molar-refractivity contribution in [2.24, 2.45) is 16.8 Å². The van der Waals surface area contributed by atoms with Crippen LogP contribution in [0.1, 0.15) is 45.6 Å². The van der Waals surface area contributed by atoms with Gasteiger partial charge in [0, 0.05) is 38.8 Å². The van der Waals surface area contributed by atoms with Crippen LogP contribution in [0.5, 0.6) is 0 Å². The maximum absolute atomic E-state index is 11.9. The van der Waals surface area contributed by atoms with E-state index in [0.717, 1.165) is 36.2 Å². The first-order valence-electron chi connectivity index (χ1n) is 9.32. The fraction of sp³-hybridized carbons (Fsp3) is 0.600. The molecule has 5 nitrogen and oxygen atoms in total. The molecule has 25 heavy (non-hydrogen) atoms. The number of carbonyl (C=O) groups is 1. The van der Waals surface area contributed by atoms with Crippen molar-refractivity contribution in [3.05, 3.63) is 29.8 Å². The summed E-state index contributed by atoms with van der Waals surface area (Å²) < 4.78 is 0. The van der Waals surface area contributed by atoms with E-state index in [-0.39, 0.29) is 5.91 Å². The van der Waals surface area contributed by atoms with Crippen LogP contribution in [0.3, 0.4) is 0 Å². The molecule has 0 unspecified atom stereocenters. The summed E-state index contributed by atoms with van der Waals surface area (Å²) in [5.74, 6) is 2.19. The van der Waals surface area contributed by atoms with Crippen molar-refractivity contribution in [2.45, 2.75) is 46.6 Å². The Morgan fingerprint density at radius 2 is 2.04 bits per heavy atom. The third-order valence-corrected chi connectivity index (χ3v) is 4.55. The largest absolute Gasteiger partial charge is 0.352 e. The lowest BCUT2D eigenvalue weighted by Gasteiger charge is -2.33. The minimum Gasteiger partial charge on any atom is -0.352 e. The lowest BCUT2D eigenvalue weighted by Crippen LogP contribution is -2.45. The molecule has 0 spiro atoms. The molecule has 0 aromatic heterocycles. The van der Waals surface area contributed by atoms with Gasteiger partial charge < -0.3 is 15.5 Å². The fourth-order valence-electron chi connectivity index (χ4n) is 3.08. The molecule has 1 heterocycles. The summed E-state index contributed by atoms with van der Waals surface area (Å²) in [6.45, 7) is 9.23. The summed E-state index contributed by atoms with van der Waals surface area (Å²) in [6, 6.07) is 8.00. The first-order chi connectivity index (χ1) is 12.0. The van der Waals surface area contributed by atoms with Crippen LogP contribution in [0.2, 0.25) is 0 Å². The molecule has 2 rings (SSSR count). The molecule has 0 aliphatic carbocycles. The second kappa shape index (κ2) is 9.44. The van der Waals surface area contributed by atoms with E-state index in [1.165, 1.54) is 12.8 Å². The summed E-state index contributed by atoms with van der Waals surface area (Å²) in [4.78, 5) is 18.7. The molecule has 0 atom stereocenters.